The van der Waals surface area contributed by atoms with Crippen molar-refractivity contribution in [1.29, 1.82) is 0 Å². The molecule has 4 nitrogen and oxygen atoms in total. The molecule has 0 unspecified atom stereocenters. The third-order valence-electron chi connectivity index (χ3n) is 3.48. The molecule has 1 aliphatic heterocycles. The monoisotopic (exact) mass is 271 g/mol. The van der Waals surface area contributed by atoms with E-state index in [1.165, 1.54) is 0 Å². The molecule has 0 spiro atoms. The van der Waals surface area contributed by atoms with E-state index in [1.807, 2.05) is 36.4 Å². The van der Waals surface area contributed by atoms with Gasteiger partial charge in [0.05, 0.1) is 19.3 Å². The molecule has 0 bridgehead atoms. The van der Waals surface area contributed by atoms with Crippen molar-refractivity contribution in [2.45, 2.75) is 6.54 Å². The molecule has 3 rings (SSSR count). The molecule has 0 amide bonds. The first-order chi connectivity index (χ1) is 9.78. The highest BCUT2D eigenvalue weighted by atomic mass is 16.5. The summed E-state index contributed by atoms with van der Waals surface area (Å²) in [5.74, 6) is 1.81. The van der Waals surface area contributed by atoms with E-state index < -0.39 is 0 Å². The van der Waals surface area contributed by atoms with Crippen LogP contribution in [0.2, 0.25) is 0 Å². The Kier molecular flexibility index (Phi) is 3.37. The first-order valence-corrected chi connectivity index (χ1v) is 6.60. The number of rotatable bonds is 3. The zero-order chi connectivity index (χ0) is 13.9. The van der Waals surface area contributed by atoms with Crippen LogP contribution in [0.1, 0.15) is 5.56 Å². The molecule has 0 fully saturated rings. The highest BCUT2D eigenvalue weighted by molar-refractivity contribution is 5.60. The Hall–Kier alpha value is -2.36. The number of benzene rings is 2. The molecule has 0 atom stereocenters. The van der Waals surface area contributed by atoms with Crippen LogP contribution in [-0.2, 0) is 6.54 Å². The van der Waals surface area contributed by atoms with Gasteiger partial charge in [-0.15, -0.1) is 0 Å². The largest absolute Gasteiger partial charge is 0.507 e. The van der Waals surface area contributed by atoms with Crippen LogP contribution >= 0.6 is 0 Å². The molecule has 0 saturated carbocycles. The van der Waals surface area contributed by atoms with Gasteiger partial charge < -0.3 is 19.5 Å². The molecule has 20 heavy (non-hydrogen) atoms. The lowest BCUT2D eigenvalue weighted by molar-refractivity contribution is 0.306. The smallest absolute Gasteiger partial charge is 0.142 e. The summed E-state index contributed by atoms with van der Waals surface area (Å²) in [4.78, 5) is 2.21. The lowest BCUT2D eigenvalue weighted by Crippen LogP contribution is -2.32. The van der Waals surface area contributed by atoms with Gasteiger partial charge in [-0.2, -0.15) is 0 Å². The van der Waals surface area contributed by atoms with Gasteiger partial charge in [-0.25, -0.2) is 0 Å². The minimum Gasteiger partial charge on any atom is -0.507 e. The number of para-hydroxylation sites is 2. The van der Waals surface area contributed by atoms with Crippen molar-refractivity contribution in [3.63, 3.8) is 0 Å². The van der Waals surface area contributed by atoms with Crippen molar-refractivity contribution in [2.75, 3.05) is 25.2 Å². The number of phenolic OH excluding ortho intramolecular Hbond substituents is 1. The molecule has 1 N–H and O–H groups in total. The quantitative estimate of drug-likeness (QED) is 0.932. The molecule has 0 saturated heterocycles. The fourth-order valence-electron chi connectivity index (χ4n) is 2.40. The van der Waals surface area contributed by atoms with Gasteiger partial charge in [0.1, 0.15) is 23.9 Å². The summed E-state index contributed by atoms with van der Waals surface area (Å²) in [5, 5.41) is 10.1. The Labute approximate surface area is 118 Å². The second-order valence-corrected chi connectivity index (χ2v) is 4.73. The summed E-state index contributed by atoms with van der Waals surface area (Å²) >= 11 is 0. The van der Waals surface area contributed by atoms with Crippen LogP contribution in [0.5, 0.6) is 17.2 Å². The Morgan fingerprint density at radius 2 is 2.10 bits per heavy atom. The van der Waals surface area contributed by atoms with E-state index in [0.29, 0.717) is 18.9 Å². The van der Waals surface area contributed by atoms with Crippen molar-refractivity contribution < 1.29 is 14.6 Å². The van der Waals surface area contributed by atoms with Gasteiger partial charge in [-0.3, -0.25) is 0 Å². The first kappa shape index (κ1) is 12.7. The number of ether oxygens (including phenoxy) is 2. The van der Waals surface area contributed by atoms with Gasteiger partial charge >= 0.3 is 0 Å². The predicted octanol–water partition coefficient (Wildman–Crippen LogP) is 2.80. The predicted molar refractivity (Wildman–Crippen MR) is 77.6 cm³/mol. The van der Waals surface area contributed by atoms with Crippen LogP contribution < -0.4 is 14.4 Å². The topological polar surface area (TPSA) is 41.9 Å². The van der Waals surface area contributed by atoms with Crippen molar-refractivity contribution in [1.82, 2.24) is 0 Å². The van der Waals surface area contributed by atoms with E-state index in [0.717, 1.165) is 23.5 Å². The van der Waals surface area contributed by atoms with Crippen LogP contribution in [0.25, 0.3) is 0 Å². The lowest BCUT2D eigenvalue weighted by atomic mass is 10.1. The Balaban J connectivity index is 1.85. The number of hydrogen-bond donors (Lipinski definition) is 1. The van der Waals surface area contributed by atoms with Gasteiger partial charge in [0, 0.05) is 18.2 Å². The molecule has 1 heterocycles. The average molecular weight is 271 g/mol. The molecular weight excluding hydrogens is 254 g/mol. The Bertz CT molecular complexity index is 612. The number of anilines is 1. The van der Waals surface area contributed by atoms with Crippen LogP contribution in [0.15, 0.2) is 42.5 Å². The number of methoxy groups -OCH3 is 1. The zero-order valence-corrected chi connectivity index (χ0v) is 11.4. The van der Waals surface area contributed by atoms with Gasteiger partial charge in [-0.1, -0.05) is 12.1 Å². The number of nitrogens with zero attached hydrogens (tertiary/aromatic N) is 1. The van der Waals surface area contributed by atoms with E-state index in [4.69, 9.17) is 9.47 Å². The first-order valence-electron chi connectivity index (χ1n) is 6.60. The lowest BCUT2D eigenvalue weighted by Gasteiger charge is -2.31. The molecule has 0 radical (unpaired) electrons. The van der Waals surface area contributed by atoms with Crippen LogP contribution in [-0.4, -0.2) is 25.4 Å². The van der Waals surface area contributed by atoms with Crippen LogP contribution in [0, 0.1) is 0 Å². The fraction of sp³-hybridized carbons (Fsp3) is 0.250. The van der Waals surface area contributed by atoms with Crippen LogP contribution in [0.4, 0.5) is 5.69 Å². The summed E-state index contributed by atoms with van der Waals surface area (Å²) in [6.45, 7) is 2.12. The maximum Gasteiger partial charge on any atom is 0.142 e. The fourth-order valence-corrected chi connectivity index (χ4v) is 2.40. The molecule has 0 aliphatic carbocycles. The molecular formula is C16H17NO3. The minimum absolute atomic E-state index is 0.258. The summed E-state index contributed by atoms with van der Waals surface area (Å²) < 4.78 is 10.7. The maximum atomic E-state index is 10.1. The number of hydrogen-bond acceptors (Lipinski definition) is 4. The highest BCUT2D eigenvalue weighted by Gasteiger charge is 2.18. The van der Waals surface area contributed by atoms with Gasteiger partial charge in [0.2, 0.25) is 0 Å². The number of aromatic hydroxyl groups is 1. The number of phenols is 1. The Morgan fingerprint density at radius 3 is 2.90 bits per heavy atom. The molecule has 1 aliphatic rings. The molecule has 2 aromatic carbocycles. The van der Waals surface area contributed by atoms with Gasteiger partial charge in [0.15, 0.2) is 0 Å². The van der Waals surface area contributed by atoms with E-state index >= 15 is 0 Å². The van der Waals surface area contributed by atoms with E-state index in [9.17, 15) is 5.11 Å². The third-order valence-corrected chi connectivity index (χ3v) is 3.48. The molecule has 0 aromatic heterocycles. The minimum atomic E-state index is 0.258. The zero-order valence-electron chi connectivity index (χ0n) is 11.4. The second-order valence-electron chi connectivity index (χ2n) is 4.73. The van der Waals surface area contributed by atoms with Crippen molar-refractivity contribution >= 4 is 5.69 Å². The summed E-state index contributed by atoms with van der Waals surface area (Å²) in [6, 6.07) is 13.4. The van der Waals surface area contributed by atoms with Crippen LogP contribution in [0.3, 0.4) is 0 Å². The van der Waals surface area contributed by atoms with E-state index in [2.05, 4.69) is 4.90 Å². The SMILES string of the molecule is COc1ccc(CN2CCOc3ccccc32)c(O)c1. The normalized spacial score (nSPS) is 13.6. The molecule has 2 aromatic rings. The number of fused-ring (bicyclic) bond motifs is 1. The standard InChI is InChI=1S/C16H17NO3/c1-19-13-7-6-12(15(18)10-13)11-17-8-9-20-16-5-3-2-4-14(16)17/h2-7,10,18H,8-9,11H2,1H3. The van der Waals surface area contributed by atoms with Crippen molar-refractivity contribution in [2.24, 2.45) is 0 Å². The molecule has 104 valence electrons. The average Bonchev–Trinajstić information content (AvgIpc) is 2.49. The highest BCUT2D eigenvalue weighted by Crippen LogP contribution is 2.33. The van der Waals surface area contributed by atoms with E-state index in [-0.39, 0.29) is 5.75 Å². The maximum absolute atomic E-state index is 10.1. The Morgan fingerprint density at radius 1 is 1.25 bits per heavy atom. The van der Waals surface area contributed by atoms with Crippen molar-refractivity contribution in [3.05, 3.63) is 48.0 Å². The third kappa shape index (κ3) is 2.37. The summed E-state index contributed by atoms with van der Waals surface area (Å²) in [7, 11) is 1.59. The van der Waals surface area contributed by atoms with E-state index in [1.54, 1.807) is 13.2 Å². The van der Waals surface area contributed by atoms with Gasteiger partial charge in [-0.05, 0) is 24.3 Å². The molecule has 4 heteroatoms. The summed E-state index contributed by atoms with van der Waals surface area (Å²) in [6.07, 6.45) is 0. The summed E-state index contributed by atoms with van der Waals surface area (Å²) in [5.41, 5.74) is 1.94. The second kappa shape index (κ2) is 5.33. The van der Waals surface area contributed by atoms with Gasteiger partial charge in [0.25, 0.3) is 0 Å². The van der Waals surface area contributed by atoms with Crippen molar-refractivity contribution in [3.8, 4) is 17.2 Å².